The summed E-state index contributed by atoms with van der Waals surface area (Å²) < 4.78 is 1.15. The fourth-order valence-electron chi connectivity index (χ4n) is 1.39. The summed E-state index contributed by atoms with van der Waals surface area (Å²) in [5.41, 5.74) is 1.34. The Bertz CT molecular complexity index is 291. The summed E-state index contributed by atoms with van der Waals surface area (Å²) in [6, 6.07) is 8.90. The smallest absolute Gasteiger partial charge is 0.0292 e. The minimum Gasteiger partial charge on any atom is -0.309 e. The van der Waals surface area contributed by atoms with Gasteiger partial charge >= 0.3 is 0 Å². The van der Waals surface area contributed by atoms with Crippen LogP contribution in [0.5, 0.6) is 0 Å². The second-order valence-corrected chi connectivity index (χ2v) is 5.74. The molecule has 0 aromatic heterocycles. The van der Waals surface area contributed by atoms with Crippen molar-refractivity contribution in [1.29, 1.82) is 0 Å². The van der Waals surface area contributed by atoms with Crippen LogP contribution in [0.3, 0.4) is 0 Å². The third kappa shape index (κ3) is 5.05. The molecule has 0 spiro atoms. The van der Waals surface area contributed by atoms with Gasteiger partial charge < -0.3 is 5.32 Å². The summed E-state index contributed by atoms with van der Waals surface area (Å²) in [7, 11) is 0. The van der Waals surface area contributed by atoms with Gasteiger partial charge in [0.25, 0.3) is 0 Å². The lowest BCUT2D eigenvalue weighted by molar-refractivity contribution is 0.601. The Hall–Kier alpha value is 0.01000. The third-order valence-electron chi connectivity index (χ3n) is 2.25. The number of hydrogen-bond acceptors (Lipinski definition) is 2. The van der Waals surface area contributed by atoms with Crippen molar-refractivity contribution in [3.05, 3.63) is 34.3 Å². The average Bonchev–Trinajstić information content (AvgIpc) is 2.24. The molecule has 1 N–H and O–H groups in total. The summed E-state index contributed by atoms with van der Waals surface area (Å²) in [5, 5.41) is 3.52. The lowest BCUT2D eigenvalue weighted by Crippen LogP contribution is -2.21. The van der Waals surface area contributed by atoms with E-state index in [4.69, 9.17) is 0 Å². The van der Waals surface area contributed by atoms with E-state index in [1.54, 1.807) is 0 Å². The van der Waals surface area contributed by atoms with Crippen molar-refractivity contribution in [3.8, 4) is 0 Å². The van der Waals surface area contributed by atoms with Crippen LogP contribution >= 0.6 is 27.7 Å². The summed E-state index contributed by atoms with van der Waals surface area (Å²) in [6.07, 6.45) is 0. The highest BCUT2D eigenvalue weighted by atomic mass is 79.9. The van der Waals surface area contributed by atoms with Crippen LogP contribution in [0.25, 0.3) is 0 Å². The molecule has 0 fully saturated rings. The maximum atomic E-state index is 3.52. The maximum Gasteiger partial charge on any atom is 0.0292 e. The van der Waals surface area contributed by atoms with Crippen molar-refractivity contribution in [1.82, 2.24) is 5.32 Å². The molecule has 84 valence electrons. The Balaban J connectivity index is 2.36. The molecular weight excluding hydrogens is 270 g/mol. The van der Waals surface area contributed by atoms with E-state index in [-0.39, 0.29) is 0 Å². The summed E-state index contributed by atoms with van der Waals surface area (Å²) >= 11 is 5.47. The van der Waals surface area contributed by atoms with Crippen LogP contribution in [0.2, 0.25) is 0 Å². The second kappa shape index (κ2) is 7.31. The van der Waals surface area contributed by atoms with Crippen molar-refractivity contribution < 1.29 is 0 Å². The predicted octanol–water partition coefficient (Wildman–Crippen LogP) is 3.85. The van der Waals surface area contributed by atoms with Crippen molar-refractivity contribution in [2.24, 2.45) is 0 Å². The third-order valence-corrected chi connectivity index (χ3v) is 3.64. The van der Waals surface area contributed by atoms with E-state index in [0.717, 1.165) is 11.0 Å². The highest BCUT2D eigenvalue weighted by Gasteiger charge is 2.03. The molecule has 0 bridgehead atoms. The molecule has 0 heterocycles. The fourth-order valence-corrected chi connectivity index (χ4v) is 2.35. The zero-order valence-corrected chi connectivity index (χ0v) is 11.7. The Morgan fingerprint density at radius 2 is 2.27 bits per heavy atom. The normalized spacial score (nSPS) is 12.7. The molecule has 0 radical (unpaired) electrons. The van der Waals surface area contributed by atoms with Gasteiger partial charge in [0, 0.05) is 22.8 Å². The molecule has 0 saturated heterocycles. The first kappa shape index (κ1) is 13.1. The van der Waals surface area contributed by atoms with Crippen molar-refractivity contribution in [2.45, 2.75) is 19.9 Å². The minimum absolute atomic E-state index is 0.431. The van der Waals surface area contributed by atoms with Crippen LogP contribution in [-0.2, 0) is 0 Å². The molecule has 1 nitrogen and oxygen atoms in total. The first-order chi connectivity index (χ1) is 7.24. The maximum absolute atomic E-state index is 3.52. The molecule has 0 saturated carbocycles. The van der Waals surface area contributed by atoms with E-state index in [9.17, 15) is 0 Å². The van der Waals surface area contributed by atoms with Crippen LogP contribution in [0, 0.1) is 0 Å². The highest BCUT2D eigenvalue weighted by molar-refractivity contribution is 9.10. The monoisotopic (exact) mass is 287 g/mol. The first-order valence-electron chi connectivity index (χ1n) is 5.30. The second-order valence-electron chi connectivity index (χ2n) is 3.43. The molecule has 0 aliphatic carbocycles. The quantitative estimate of drug-likeness (QED) is 0.798. The van der Waals surface area contributed by atoms with Crippen LogP contribution in [0.4, 0.5) is 0 Å². The summed E-state index contributed by atoms with van der Waals surface area (Å²) in [4.78, 5) is 0. The molecule has 1 aromatic rings. The van der Waals surface area contributed by atoms with E-state index in [1.165, 1.54) is 17.1 Å². The van der Waals surface area contributed by atoms with E-state index >= 15 is 0 Å². The fraction of sp³-hybridized carbons (Fsp3) is 0.500. The Kier molecular flexibility index (Phi) is 6.37. The Morgan fingerprint density at radius 1 is 1.47 bits per heavy atom. The van der Waals surface area contributed by atoms with Gasteiger partial charge in [0.2, 0.25) is 0 Å². The van der Waals surface area contributed by atoms with Crippen molar-refractivity contribution in [2.75, 3.05) is 18.1 Å². The minimum atomic E-state index is 0.431. The molecule has 1 unspecified atom stereocenters. The average molecular weight is 288 g/mol. The zero-order chi connectivity index (χ0) is 11.1. The van der Waals surface area contributed by atoms with Gasteiger partial charge in [0.15, 0.2) is 0 Å². The molecule has 15 heavy (non-hydrogen) atoms. The highest BCUT2D eigenvalue weighted by Crippen LogP contribution is 2.17. The number of nitrogens with one attached hydrogen (secondary N) is 1. The van der Waals surface area contributed by atoms with Crippen molar-refractivity contribution >= 4 is 27.7 Å². The number of halogens is 1. The van der Waals surface area contributed by atoms with E-state index in [2.05, 4.69) is 59.4 Å². The van der Waals surface area contributed by atoms with Crippen LogP contribution < -0.4 is 5.32 Å². The molecule has 3 heteroatoms. The zero-order valence-electron chi connectivity index (χ0n) is 9.29. The SMILES string of the molecule is CCSCCNC(C)c1cccc(Br)c1. The van der Waals surface area contributed by atoms with Gasteiger partial charge in [-0.15, -0.1) is 0 Å². The van der Waals surface area contributed by atoms with Crippen LogP contribution in [-0.4, -0.2) is 18.1 Å². The number of hydrogen-bond donors (Lipinski definition) is 1. The standard InChI is InChI=1S/C12H18BrNS/c1-3-15-8-7-14-10(2)11-5-4-6-12(13)9-11/h4-6,9-10,14H,3,7-8H2,1-2H3. The van der Waals surface area contributed by atoms with E-state index < -0.39 is 0 Å². The molecular formula is C12H18BrNS. The molecule has 0 amide bonds. The molecule has 0 aliphatic rings. The van der Waals surface area contributed by atoms with E-state index in [0.29, 0.717) is 6.04 Å². The number of rotatable bonds is 6. The molecule has 1 atom stereocenters. The van der Waals surface area contributed by atoms with Gasteiger partial charge in [-0.3, -0.25) is 0 Å². The summed E-state index contributed by atoms with van der Waals surface area (Å²) in [5.74, 6) is 2.39. The van der Waals surface area contributed by atoms with Crippen molar-refractivity contribution in [3.63, 3.8) is 0 Å². The van der Waals surface area contributed by atoms with Gasteiger partial charge in [-0.1, -0.05) is 35.0 Å². The number of thioether (sulfide) groups is 1. The lowest BCUT2D eigenvalue weighted by Gasteiger charge is -2.14. The summed E-state index contributed by atoms with van der Waals surface area (Å²) in [6.45, 7) is 5.48. The van der Waals surface area contributed by atoms with Crippen LogP contribution in [0.15, 0.2) is 28.7 Å². The van der Waals surface area contributed by atoms with Gasteiger partial charge in [-0.2, -0.15) is 11.8 Å². The van der Waals surface area contributed by atoms with Gasteiger partial charge in [0.1, 0.15) is 0 Å². The molecule has 0 aliphatic heterocycles. The lowest BCUT2D eigenvalue weighted by atomic mass is 10.1. The Morgan fingerprint density at radius 3 is 2.93 bits per heavy atom. The van der Waals surface area contributed by atoms with E-state index in [1.807, 2.05) is 11.8 Å². The van der Waals surface area contributed by atoms with Crippen LogP contribution in [0.1, 0.15) is 25.5 Å². The number of benzene rings is 1. The Labute approximate surface area is 105 Å². The first-order valence-corrected chi connectivity index (χ1v) is 7.25. The van der Waals surface area contributed by atoms with Gasteiger partial charge in [-0.25, -0.2) is 0 Å². The van der Waals surface area contributed by atoms with Gasteiger partial charge in [-0.05, 0) is 30.4 Å². The molecule has 1 aromatic carbocycles. The topological polar surface area (TPSA) is 12.0 Å². The predicted molar refractivity (Wildman–Crippen MR) is 73.6 cm³/mol. The van der Waals surface area contributed by atoms with Gasteiger partial charge in [0.05, 0.1) is 0 Å². The largest absolute Gasteiger partial charge is 0.309 e. The molecule has 1 rings (SSSR count).